The van der Waals surface area contributed by atoms with Crippen LogP contribution in [0, 0.1) is 16.7 Å². The lowest BCUT2D eigenvalue weighted by Gasteiger charge is -2.55. The number of nitrogens with zero attached hydrogens (tertiary/aromatic N) is 1. The van der Waals surface area contributed by atoms with Crippen LogP contribution in [0.1, 0.15) is 69.9 Å². The van der Waals surface area contributed by atoms with Crippen molar-refractivity contribution in [2.45, 2.75) is 69.9 Å². The molecule has 3 fully saturated rings. The molecular formula is C20H26N2O2. The van der Waals surface area contributed by atoms with Gasteiger partial charge in [0.05, 0.1) is 17.0 Å². The number of hydrogen-bond acceptors (Lipinski definition) is 4. The van der Waals surface area contributed by atoms with Crippen LogP contribution in [0.25, 0.3) is 0 Å². The number of ether oxygens (including phenoxy) is 1. The molecule has 24 heavy (non-hydrogen) atoms. The van der Waals surface area contributed by atoms with E-state index in [1.807, 2.05) is 45.0 Å². The van der Waals surface area contributed by atoms with Crippen LogP contribution < -0.4 is 5.73 Å². The third-order valence-corrected chi connectivity index (χ3v) is 5.72. The maximum absolute atomic E-state index is 12.9. The molecule has 2 N–H and O–H groups in total. The molecule has 0 amide bonds. The van der Waals surface area contributed by atoms with Gasteiger partial charge < -0.3 is 10.5 Å². The molecule has 3 aliphatic carbocycles. The van der Waals surface area contributed by atoms with Gasteiger partial charge in [0.15, 0.2) is 0 Å². The first kappa shape index (κ1) is 17.0. The Kier molecular flexibility index (Phi) is 3.96. The smallest absolute Gasteiger partial charge is 0.312 e. The number of nitriles is 1. The Morgan fingerprint density at radius 3 is 2.46 bits per heavy atom. The fraction of sp³-hybridized carbons (Fsp3) is 0.600. The average molecular weight is 326 g/mol. The Bertz CT molecular complexity index is 688. The Balaban J connectivity index is 1.95. The van der Waals surface area contributed by atoms with Crippen LogP contribution in [0.2, 0.25) is 0 Å². The van der Waals surface area contributed by atoms with Crippen molar-refractivity contribution in [1.82, 2.24) is 0 Å². The summed E-state index contributed by atoms with van der Waals surface area (Å²) in [5, 5.41) is 9.45. The van der Waals surface area contributed by atoms with Gasteiger partial charge in [0, 0.05) is 11.5 Å². The zero-order valence-corrected chi connectivity index (χ0v) is 14.8. The normalized spacial score (nSPS) is 32.2. The maximum atomic E-state index is 12.9. The second-order valence-corrected chi connectivity index (χ2v) is 8.47. The molecule has 3 saturated carbocycles. The summed E-state index contributed by atoms with van der Waals surface area (Å²) in [6, 6.07) is 9.92. The number of nitrogens with two attached hydrogens (primary N) is 1. The van der Waals surface area contributed by atoms with E-state index in [0.29, 0.717) is 12.0 Å². The largest absolute Gasteiger partial charge is 0.460 e. The Morgan fingerprint density at radius 1 is 1.25 bits per heavy atom. The summed E-state index contributed by atoms with van der Waals surface area (Å²) in [4.78, 5) is 12.9. The molecule has 2 bridgehead atoms. The van der Waals surface area contributed by atoms with Gasteiger partial charge >= 0.3 is 5.97 Å². The number of benzene rings is 1. The molecule has 0 aliphatic heterocycles. The molecule has 4 heteroatoms. The van der Waals surface area contributed by atoms with Crippen LogP contribution in [0.5, 0.6) is 0 Å². The quantitative estimate of drug-likeness (QED) is 0.842. The summed E-state index contributed by atoms with van der Waals surface area (Å²) in [6.07, 6.45) is 3.84. The first-order valence-electron chi connectivity index (χ1n) is 8.71. The van der Waals surface area contributed by atoms with Crippen LogP contribution in [-0.2, 0) is 9.53 Å². The molecule has 4 rings (SSSR count). The molecule has 1 aromatic rings. The van der Waals surface area contributed by atoms with Crippen molar-refractivity contribution in [1.29, 1.82) is 5.26 Å². The van der Waals surface area contributed by atoms with E-state index in [1.165, 1.54) is 0 Å². The lowest BCUT2D eigenvalue weighted by molar-refractivity contribution is -0.175. The van der Waals surface area contributed by atoms with E-state index in [4.69, 9.17) is 10.5 Å². The second-order valence-electron chi connectivity index (χ2n) is 8.47. The fourth-order valence-corrected chi connectivity index (χ4v) is 4.34. The van der Waals surface area contributed by atoms with Crippen molar-refractivity contribution in [2.24, 2.45) is 11.1 Å². The summed E-state index contributed by atoms with van der Waals surface area (Å²) in [5.41, 5.74) is 7.10. The van der Waals surface area contributed by atoms with Crippen molar-refractivity contribution in [2.75, 3.05) is 0 Å². The monoisotopic (exact) mass is 326 g/mol. The third-order valence-electron chi connectivity index (χ3n) is 5.72. The van der Waals surface area contributed by atoms with Crippen molar-refractivity contribution < 1.29 is 9.53 Å². The summed E-state index contributed by atoms with van der Waals surface area (Å²) < 4.78 is 5.73. The molecular weight excluding hydrogens is 300 g/mol. The van der Waals surface area contributed by atoms with Crippen molar-refractivity contribution in [3.05, 3.63) is 35.4 Å². The minimum absolute atomic E-state index is 0.0309. The van der Waals surface area contributed by atoms with Gasteiger partial charge in [-0.15, -0.1) is 0 Å². The van der Waals surface area contributed by atoms with Crippen molar-refractivity contribution in [3.8, 4) is 6.07 Å². The molecule has 0 spiro atoms. The van der Waals surface area contributed by atoms with E-state index >= 15 is 0 Å². The minimum atomic E-state index is -0.486. The van der Waals surface area contributed by atoms with Crippen LogP contribution in [0.3, 0.4) is 0 Å². The zero-order chi connectivity index (χ0) is 17.6. The number of fused-ring (bicyclic) bond motifs is 3. The molecule has 1 atom stereocenters. The van der Waals surface area contributed by atoms with Gasteiger partial charge in [0.1, 0.15) is 5.60 Å². The average Bonchev–Trinajstić information content (AvgIpc) is 2.53. The van der Waals surface area contributed by atoms with E-state index in [-0.39, 0.29) is 17.4 Å². The lowest BCUT2D eigenvalue weighted by atomic mass is 9.51. The van der Waals surface area contributed by atoms with E-state index in [2.05, 4.69) is 6.07 Å². The molecule has 0 aromatic heterocycles. The first-order chi connectivity index (χ1) is 11.2. The van der Waals surface area contributed by atoms with Gasteiger partial charge in [-0.3, -0.25) is 4.79 Å². The molecule has 1 aromatic carbocycles. The lowest BCUT2D eigenvalue weighted by Crippen LogP contribution is -2.59. The topological polar surface area (TPSA) is 76.1 Å². The predicted octanol–water partition coefficient (Wildman–Crippen LogP) is 3.65. The highest BCUT2D eigenvalue weighted by atomic mass is 16.6. The molecule has 1 unspecified atom stereocenters. The van der Waals surface area contributed by atoms with Gasteiger partial charge in [-0.1, -0.05) is 18.2 Å². The predicted molar refractivity (Wildman–Crippen MR) is 92.2 cm³/mol. The molecule has 0 heterocycles. The number of carbonyl (C=O) groups excluding carboxylic acids is 1. The molecule has 4 nitrogen and oxygen atoms in total. The number of rotatable bonds is 2. The standard InChI is InChI=1S/C20H26N2O2/c1-18(2,3)24-17(23)19-8-10-20(22,11-9-19)16(12-19)15-7-5-4-6-14(15)13-21/h4-7,16H,8-12,22H2,1-3H3. The van der Waals surface area contributed by atoms with Gasteiger partial charge in [-0.05, 0) is 64.5 Å². The van der Waals surface area contributed by atoms with Gasteiger partial charge in [0.2, 0.25) is 0 Å². The van der Waals surface area contributed by atoms with Crippen molar-refractivity contribution in [3.63, 3.8) is 0 Å². The summed E-state index contributed by atoms with van der Waals surface area (Å²) in [6.45, 7) is 5.72. The van der Waals surface area contributed by atoms with Crippen LogP contribution in [-0.4, -0.2) is 17.1 Å². The minimum Gasteiger partial charge on any atom is -0.460 e. The molecule has 3 aliphatic rings. The van der Waals surface area contributed by atoms with Gasteiger partial charge in [0.25, 0.3) is 0 Å². The van der Waals surface area contributed by atoms with E-state index < -0.39 is 11.0 Å². The molecule has 128 valence electrons. The number of carbonyl (C=O) groups is 1. The zero-order valence-electron chi connectivity index (χ0n) is 14.8. The third kappa shape index (κ3) is 2.82. The van der Waals surface area contributed by atoms with E-state index in [0.717, 1.165) is 31.2 Å². The van der Waals surface area contributed by atoms with Crippen LogP contribution in [0.4, 0.5) is 0 Å². The highest BCUT2D eigenvalue weighted by Gasteiger charge is 2.57. The van der Waals surface area contributed by atoms with Crippen LogP contribution >= 0.6 is 0 Å². The van der Waals surface area contributed by atoms with Gasteiger partial charge in [-0.2, -0.15) is 5.26 Å². The summed E-state index contributed by atoms with van der Waals surface area (Å²) in [7, 11) is 0. The highest BCUT2D eigenvalue weighted by molar-refractivity contribution is 5.78. The SMILES string of the molecule is CC(C)(C)OC(=O)C12CCC(N)(CC1)C(c1ccccc1C#N)C2. The van der Waals surface area contributed by atoms with Gasteiger partial charge in [-0.25, -0.2) is 0 Å². The second kappa shape index (κ2) is 5.60. The number of esters is 1. The van der Waals surface area contributed by atoms with E-state index in [9.17, 15) is 10.1 Å². The Morgan fingerprint density at radius 2 is 1.88 bits per heavy atom. The molecule has 0 saturated heterocycles. The van der Waals surface area contributed by atoms with Crippen LogP contribution in [0.15, 0.2) is 24.3 Å². The highest BCUT2D eigenvalue weighted by Crippen LogP contribution is 2.58. The molecule has 0 radical (unpaired) electrons. The Labute approximate surface area is 144 Å². The van der Waals surface area contributed by atoms with E-state index in [1.54, 1.807) is 0 Å². The van der Waals surface area contributed by atoms with Crippen molar-refractivity contribution >= 4 is 5.97 Å². The summed E-state index contributed by atoms with van der Waals surface area (Å²) in [5.74, 6) is -0.0699. The number of hydrogen-bond donors (Lipinski definition) is 1. The Hall–Kier alpha value is -1.86. The maximum Gasteiger partial charge on any atom is 0.312 e. The first-order valence-corrected chi connectivity index (χ1v) is 8.71. The fourth-order valence-electron chi connectivity index (χ4n) is 4.34. The summed E-state index contributed by atoms with van der Waals surface area (Å²) >= 11 is 0.